The van der Waals surface area contributed by atoms with E-state index in [2.05, 4.69) is 0 Å². The van der Waals surface area contributed by atoms with Crippen LogP contribution in [0.15, 0.2) is 24.3 Å². The molecule has 0 aromatic heterocycles. The van der Waals surface area contributed by atoms with E-state index in [1.807, 2.05) is 31.1 Å². The highest BCUT2D eigenvalue weighted by Gasteiger charge is 2.39. The SMILES string of the molecule is CN(C)c1ccc(CC(C#N)(C#N)C(=O)O)cc1. The van der Waals surface area contributed by atoms with Crippen LogP contribution in [-0.4, -0.2) is 25.2 Å². The number of nitriles is 2. The number of rotatable bonds is 4. The van der Waals surface area contributed by atoms with E-state index in [0.717, 1.165) is 5.69 Å². The summed E-state index contributed by atoms with van der Waals surface area (Å²) in [6.07, 6.45) is -0.122. The molecule has 0 aliphatic carbocycles. The summed E-state index contributed by atoms with van der Waals surface area (Å²) in [5.41, 5.74) is -0.403. The van der Waals surface area contributed by atoms with Gasteiger partial charge in [0.15, 0.2) is 0 Å². The van der Waals surface area contributed by atoms with Crippen molar-refractivity contribution in [1.82, 2.24) is 0 Å². The number of carbonyl (C=O) groups is 1. The Balaban J connectivity index is 3.01. The molecule has 18 heavy (non-hydrogen) atoms. The normalized spacial score (nSPS) is 10.2. The van der Waals surface area contributed by atoms with E-state index in [1.54, 1.807) is 24.3 Å². The smallest absolute Gasteiger partial charge is 0.339 e. The zero-order valence-corrected chi connectivity index (χ0v) is 10.2. The first-order valence-corrected chi connectivity index (χ1v) is 5.27. The third-order valence-corrected chi connectivity index (χ3v) is 2.67. The Kier molecular flexibility index (Phi) is 3.91. The number of hydrogen-bond acceptors (Lipinski definition) is 4. The fourth-order valence-electron chi connectivity index (χ4n) is 1.49. The first-order chi connectivity index (χ1) is 8.45. The van der Waals surface area contributed by atoms with Crippen LogP contribution in [0.1, 0.15) is 5.56 Å². The van der Waals surface area contributed by atoms with Gasteiger partial charge in [0.25, 0.3) is 0 Å². The Labute approximate surface area is 105 Å². The third-order valence-electron chi connectivity index (χ3n) is 2.67. The van der Waals surface area contributed by atoms with Crippen molar-refractivity contribution in [2.24, 2.45) is 5.41 Å². The second kappa shape index (κ2) is 5.20. The molecule has 0 atom stereocenters. The van der Waals surface area contributed by atoms with Gasteiger partial charge in [-0.25, -0.2) is 4.79 Å². The number of carboxylic acid groups (broad SMARTS) is 1. The molecule has 0 aliphatic heterocycles. The minimum absolute atomic E-state index is 0.122. The quantitative estimate of drug-likeness (QED) is 0.863. The van der Waals surface area contributed by atoms with Crippen molar-refractivity contribution in [1.29, 1.82) is 10.5 Å². The molecule has 1 N–H and O–H groups in total. The van der Waals surface area contributed by atoms with Crippen LogP contribution in [0.4, 0.5) is 5.69 Å². The maximum atomic E-state index is 11.0. The van der Waals surface area contributed by atoms with Crippen LogP contribution in [-0.2, 0) is 11.2 Å². The van der Waals surface area contributed by atoms with Crippen LogP contribution >= 0.6 is 0 Å². The van der Waals surface area contributed by atoms with Gasteiger partial charge in [-0.05, 0) is 17.7 Å². The minimum Gasteiger partial charge on any atom is -0.479 e. The first kappa shape index (κ1) is 13.5. The van der Waals surface area contributed by atoms with Crippen LogP contribution in [0, 0.1) is 28.1 Å². The molecule has 1 aromatic carbocycles. The Hall–Kier alpha value is -2.53. The average molecular weight is 243 g/mol. The molecule has 1 aromatic rings. The fraction of sp³-hybridized carbons (Fsp3) is 0.308. The summed E-state index contributed by atoms with van der Waals surface area (Å²) in [5, 5.41) is 26.8. The molecule has 5 heteroatoms. The van der Waals surface area contributed by atoms with Gasteiger partial charge in [0.05, 0.1) is 12.1 Å². The van der Waals surface area contributed by atoms with Crippen molar-refractivity contribution in [3.8, 4) is 12.1 Å². The van der Waals surface area contributed by atoms with Crippen molar-refractivity contribution in [2.75, 3.05) is 19.0 Å². The molecule has 0 saturated carbocycles. The molecule has 0 aliphatic rings. The lowest BCUT2D eigenvalue weighted by Gasteiger charge is -2.15. The van der Waals surface area contributed by atoms with Crippen molar-refractivity contribution in [3.05, 3.63) is 29.8 Å². The second-order valence-electron chi connectivity index (χ2n) is 4.17. The number of hydrogen-bond donors (Lipinski definition) is 1. The van der Waals surface area contributed by atoms with Gasteiger partial charge in [0, 0.05) is 26.2 Å². The Morgan fingerprint density at radius 3 is 2.11 bits per heavy atom. The van der Waals surface area contributed by atoms with Gasteiger partial charge < -0.3 is 10.0 Å². The Bertz CT molecular complexity index is 507. The summed E-state index contributed by atoms with van der Waals surface area (Å²) in [6.45, 7) is 0. The van der Waals surface area contributed by atoms with Gasteiger partial charge in [-0.15, -0.1) is 0 Å². The molecule has 0 fully saturated rings. The molecule has 5 nitrogen and oxygen atoms in total. The molecule has 92 valence electrons. The van der Waals surface area contributed by atoms with Crippen LogP contribution in [0.5, 0.6) is 0 Å². The molecule has 0 saturated heterocycles. The molecule has 1 rings (SSSR count). The maximum absolute atomic E-state index is 11.0. The molecule has 0 bridgehead atoms. The van der Waals surface area contributed by atoms with E-state index in [9.17, 15) is 4.79 Å². The van der Waals surface area contributed by atoms with E-state index < -0.39 is 11.4 Å². The van der Waals surface area contributed by atoms with E-state index in [-0.39, 0.29) is 6.42 Å². The van der Waals surface area contributed by atoms with Crippen molar-refractivity contribution in [2.45, 2.75) is 6.42 Å². The molecule has 0 spiro atoms. The van der Waals surface area contributed by atoms with Crippen molar-refractivity contribution < 1.29 is 9.90 Å². The Morgan fingerprint density at radius 2 is 1.78 bits per heavy atom. The highest BCUT2D eigenvalue weighted by atomic mass is 16.4. The van der Waals surface area contributed by atoms with Crippen LogP contribution < -0.4 is 4.90 Å². The number of nitrogens with zero attached hydrogens (tertiary/aromatic N) is 3. The molecule has 0 unspecified atom stereocenters. The van der Waals surface area contributed by atoms with Crippen LogP contribution in [0.3, 0.4) is 0 Å². The summed E-state index contributed by atoms with van der Waals surface area (Å²) < 4.78 is 0. The molecular weight excluding hydrogens is 230 g/mol. The molecular formula is C13H13N3O2. The summed E-state index contributed by atoms with van der Waals surface area (Å²) in [4.78, 5) is 12.9. The summed E-state index contributed by atoms with van der Waals surface area (Å²) in [5.74, 6) is -1.41. The summed E-state index contributed by atoms with van der Waals surface area (Å²) in [7, 11) is 3.78. The largest absolute Gasteiger partial charge is 0.479 e. The predicted molar refractivity (Wildman–Crippen MR) is 65.8 cm³/mol. The number of benzene rings is 1. The summed E-state index contributed by atoms with van der Waals surface area (Å²) >= 11 is 0. The van der Waals surface area contributed by atoms with E-state index in [4.69, 9.17) is 15.6 Å². The van der Waals surface area contributed by atoms with E-state index >= 15 is 0 Å². The van der Waals surface area contributed by atoms with Gasteiger partial charge in [0.2, 0.25) is 5.41 Å². The average Bonchev–Trinajstić information content (AvgIpc) is 2.36. The molecule has 0 radical (unpaired) electrons. The summed E-state index contributed by atoms with van der Waals surface area (Å²) in [6, 6.07) is 10.2. The van der Waals surface area contributed by atoms with Gasteiger partial charge >= 0.3 is 5.97 Å². The second-order valence-corrected chi connectivity index (χ2v) is 4.17. The van der Waals surface area contributed by atoms with E-state index in [1.165, 1.54) is 0 Å². The van der Waals surface area contributed by atoms with Gasteiger partial charge in [-0.2, -0.15) is 10.5 Å². The van der Waals surface area contributed by atoms with Gasteiger partial charge in [-0.1, -0.05) is 12.1 Å². The number of aliphatic carboxylic acids is 1. The first-order valence-electron chi connectivity index (χ1n) is 5.27. The number of carboxylic acids is 1. The fourth-order valence-corrected chi connectivity index (χ4v) is 1.49. The molecule has 0 heterocycles. The third kappa shape index (κ3) is 2.58. The van der Waals surface area contributed by atoms with Gasteiger partial charge in [0.1, 0.15) is 0 Å². The lowest BCUT2D eigenvalue weighted by molar-refractivity contribution is -0.142. The van der Waals surface area contributed by atoms with Crippen LogP contribution in [0.25, 0.3) is 0 Å². The standard InChI is InChI=1S/C13H13N3O2/c1-16(2)11-5-3-10(4-6-11)7-13(8-14,9-15)12(17)18/h3-6H,7H2,1-2H3,(H,17,18). The monoisotopic (exact) mass is 243 g/mol. The lowest BCUT2D eigenvalue weighted by atomic mass is 9.84. The zero-order chi connectivity index (χ0) is 13.8. The lowest BCUT2D eigenvalue weighted by Crippen LogP contribution is -2.30. The Morgan fingerprint density at radius 1 is 1.28 bits per heavy atom. The predicted octanol–water partition coefficient (Wildman–Crippen LogP) is 1.41. The van der Waals surface area contributed by atoms with Crippen LogP contribution in [0.2, 0.25) is 0 Å². The highest BCUT2D eigenvalue weighted by Crippen LogP contribution is 2.23. The van der Waals surface area contributed by atoms with Crippen molar-refractivity contribution in [3.63, 3.8) is 0 Å². The maximum Gasteiger partial charge on any atom is 0.339 e. The zero-order valence-electron chi connectivity index (χ0n) is 10.2. The highest BCUT2D eigenvalue weighted by molar-refractivity contribution is 5.82. The molecule has 0 amide bonds. The minimum atomic E-state index is -2.01. The number of anilines is 1. The van der Waals surface area contributed by atoms with Gasteiger partial charge in [-0.3, -0.25) is 0 Å². The van der Waals surface area contributed by atoms with Crippen molar-refractivity contribution >= 4 is 11.7 Å². The topological polar surface area (TPSA) is 88.1 Å². The van der Waals surface area contributed by atoms with E-state index in [0.29, 0.717) is 5.56 Å².